The van der Waals surface area contributed by atoms with Gasteiger partial charge in [0.15, 0.2) is 0 Å². The van der Waals surface area contributed by atoms with Gasteiger partial charge in [-0.1, -0.05) is 37.9 Å². The molecular weight excluding hydrogens is 346 g/mol. The number of hydrogen-bond donors (Lipinski definition) is 0. The number of halogens is 2. The molecule has 96 valence electrons. The largest absolute Gasteiger partial charge is 0.383 e. The van der Waals surface area contributed by atoms with Crippen LogP contribution in [0.5, 0.6) is 0 Å². The van der Waals surface area contributed by atoms with Gasteiger partial charge in [-0.3, -0.25) is 0 Å². The van der Waals surface area contributed by atoms with Crippen molar-refractivity contribution in [2.75, 3.05) is 25.2 Å². The summed E-state index contributed by atoms with van der Waals surface area (Å²) in [4.78, 5) is 2.34. The van der Waals surface area contributed by atoms with Crippen molar-refractivity contribution in [1.29, 1.82) is 0 Å². The van der Waals surface area contributed by atoms with E-state index in [4.69, 9.17) is 4.74 Å². The lowest BCUT2D eigenvalue weighted by molar-refractivity contribution is 0.182. The van der Waals surface area contributed by atoms with Crippen molar-refractivity contribution in [3.05, 3.63) is 28.2 Å². The molecule has 0 heterocycles. The second-order valence-electron chi connectivity index (χ2n) is 4.00. The molecule has 0 aromatic heterocycles. The van der Waals surface area contributed by atoms with Gasteiger partial charge in [-0.15, -0.1) is 0 Å². The van der Waals surface area contributed by atoms with Crippen LogP contribution in [0.4, 0.5) is 5.69 Å². The van der Waals surface area contributed by atoms with Crippen LogP contribution in [0, 0.1) is 0 Å². The fourth-order valence-corrected chi connectivity index (χ4v) is 3.28. The molecule has 0 fully saturated rings. The molecule has 0 bridgehead atoms. The number of ether oxygens (including phenoxy) is 1. The van der Waals surface area contributed by atoms with E-state index in [0.717, 1.165) is 23.0 Å². The zero-order valence-corrected chi connectivity index (χ0v) is 13.7. The van der Waals surface area contributed by atoms with Crippen molar-refractivity contribution < 1.29 is 4.74 Å². The van der Waals surface area contributed by atoms with Crippen molar-refractivity contribution >= 4 is 37.5 Å². The first-order valence-electron chi connectivity index (χ1n) is 5.74. The number of hydrogen-bond acceptors (Lipinski definition) is 2. The molecule has 0 saturated heterocycles. The van der Waals surface area contributed by atoms with Crippen molar-refractivity contribution in [3.8, 4) is 0 Å². The van der Waals surface area contributed by atoms with Gasteiger partial charge in [0, 0.05) is 35.2 Å². The zero-order chi connectivity index (χ0) is 12.8. The van der Waals surface area contributed by atoms with E-state index in [2.05, 4.69) is 68.8 Å². The van der Waals surface area contributed by atoms with Gasteiger partial charge in [-0.05, 0) is 31.5 Å². The lowest BCUT2D eigenvalue weighted by Gasteiger charge is -2.30. The molecule has 1 unspecified atom stereocenters. The molecule has 0 N–H and O–H groups in total. The first-order chi connectivity index (χ1) is 8.13. The molecule has 4 heteroatoms. The molecule has 0 aliphatic heterocycles. The van der Waals surface area contributed by atoms with Crippen LogP contribution < -0.4 is 4.90 Å². The van der Waals surface area contributed by atoms with Crippen LogP contribution in [0.3, 0.4) is 0 Å². The highest BCUT2D eigenvalue weighted by Crippen LogP contribution is 2.26. The highest BCUT2D eigenvalue weighted by atomic mass is 79.9. The Hall–Kier alpha value is -0.0600. The third-order valence-corrected chi connectivity index (χ3v) is 4.14. The first-order valence-corrected chi connectivity index (χ1v) is 7.65. The van der Waals surface area contributed by atoms with Gasteiger partial charge in [-0.25, -0.2) is 0 Å². The summed E-state index contributed by atoms with van der Waals surface area (Å²) in [7, 11) is 1.74. The molecule has 1 atom stereocenters. The molecule has 1 aromatic carbocycles. The maximum Gasteiger partial charge on any atom is 0.0663 e. The number of methoxy groups -OCH3 is 1. The highest BCUT2D eigenvalue weighted by molar-refractivity contribution is 9.10. The standard InChI is InChI=1S/C13H19Br2NO/c1-4-16(10(2)9-17-3)12-6-5-11(8-14)13(15)7-12/h5-7,10H,4,8-9H2,1-3H3. The van der Waals surface area contributed by atoms with E-state index in [1.54, 1.807) is 7.11 Å². The van der Waals surface area contributed by atoms with Gasteiger partial charge < -0.3 is 9.64 Å². The second-order valence-corrected chi connectivity index (χ2v) is 5.41. The van der Waals surface area contributed by atoms with Crippen LogP contribution in [0.25, 0.3) is 0 Å². The van der Waals surface area contributed by atoms with Crippen LogP contribution in [0.15, 0.2) is 22.7 Å². The Bertz CT molecular complexity index is 357. The normalized spacial score (nSPS) is 12.5. The number of likely N-dealkylation sites (N-methyl/N-ethyl adjacent to an activating group) is 1. The first kappa shape index (κ1) is 15.0. The van der Waals surface area contributed by atoms with Crippen LogP contribution >= 0.6 is 31.9 Å². The van der Waals surface area contributed by atoms with Crippen LogP contribution in [0.2, 0.25) is 0 Å². The van der Waals surface area contributed by atoms with Gasteiger partial charge >= 0.3 is 0 Å². The summed E-state index contributed by atoms with van der Waals surface area (Å²) < 4.78 is 6.37. The molecule has 17 heavy (non-hydrogen) atoms. The predicted molar refractivity (Wildman–Crippen MR) is 81.1 cm³/mol. The minimum absolute atomic E-state index is 0.381. The Morgan fingerprint density at radius 2 is 2.12 bits per heavy atom. The lowest BCUT2D eigenvalue weighted by Crippen LogP contribution is -2.36. The van der Waals surface area contributed by atoms with Gasteiger partial charge in [0.25, 0.3) is 0 Å². The van der Waals surface area contributed by atoms with Gasteiger partial charge in [0.05, 0.1) is 6.61 Å². The average molecular weight is 365 g/mol. The van der Waals surface area contributed by atoms with E-state index in [9.17, 15) is 0 Å². The molecule has 0 aliphatic carbocycles. The maximum absolute atomic E-state index is 5.22. The van der Waals surface area contributed by atoms with Gasteiger partial charge in [0.1, 0.15) is 0 Å². The van der Waals surface area contributed by atoms with Crippen LogP contribution in [-0.2, 0) is 10.1 Å². The molecule has 2 nitrogen and oxygen atoms in total. The summed E-state index contributed by atoms with van der Waals surface area (Å²) in [5.74, 6) is 0. The fraction of sp³-hybridized carbons (Fsp3) is 0.538. The third-order valence-electron chi connectivity index (χ3n) is 2.79. The van der Waals surface area contributed by atoms with E-state index in [1.807, 2.05) is 0 Å². The predicted octanol–water partition coefficient (Wildman–Crippen LogP) is 4.21. The summed E-state index contributed by atoms with van der Waals surface area (Å²) in [6, 6.07) is 6.87. The summed E-state index contributed by atoms with van der Waals surface area (Å²) in [5, 5.41) is 0.869. The van der Waals surface area contributed by atoms with Gasteiger partial charge in [0.2, 0.25) is 0 Å². The minimum Gasteiger partial charge on any atom is -0.383 e. The monoisotopic (exact) mass is 363 g/mol. The SMILES string of the molecule is CCN(c1ccc(CBr)c(Br)c1)C(C)COC. The molecule has 0 amide bonds. The molecule has 0 aliphatic rings. The van der Waals surface area contributed by atoms with E-state index < -0.39 is 0 Å². The summed E-state index contributed by atoms with van der Waals surface area (Å²) >= 11 is 7.08. The van der Waals surface area contributed by atoms with Crippen LogP contribution in [-0.4, -0.2) is 26.3 Å². The Balaban J connectivity index is 2.92. The Kier molecular flexibility index (Phi) is 6.52. The highest BCUT2D eigenvalue weighted by Gasteiger charge is 2.13. The molecule has 1 aromatic rings. The fourth-order valence-electron chi connectivity index (χ4n) is 1.90. The van der Waals surface area contributed by atoms with Crippen molar-refractivity contribution in [2.45, 2.75) is 25.2 Å². The van der Waals surface area contributed by atoms with E-state index in [0.29, 0.717) is 6.04 Å². The minimum atomic E-state index is 0.381. The van der Waals surface area contributed by atoms with Crippen molar-refractivity contribution in [1.82, 2.24) is 0 Å². The second kappa shape index (κ2) is 7.39. The number of anilines is 1. The molecule has 1 rings (SSSR count). The third kappa shape index (κ3) is 3.97. The Morgan fingerprint density at radius 3 is 2.59 bits per heavy atom. The lowest BCUT2D eigenvalue weighted by atomic mass is 10.2. The zero-order valence-electron chi connectivity index (χ0n) is 10.5. The van der Waals surface area contributed by atoms with Crippen molar-refractivity contribution in [3.63, 3.8) is 0 Å². The number of alkyl halides is 1. The number of nitrogens with zero attached hydrogens (tertiary/aromatic N) is 1. The van der Waals surface area contributed by atoms with Crippen LogP contribution in [0.1, 0.15) is 19.4 Å². The summed E-state index contributed by atoms with van der Waals surface area (Å²) in [6.45, 7) is 6.06. The summed E-state index contributed by atoms with van der Waals surface area (Å²) in [5.41, 5.74) is 2.50. The molecular formula is C13H19Br2NO. The van der Waals surface area contributed by atoms with E-state index in [-0.39, 0.29) is 0 Å². The van der Waals surface area contributed by atoms with Gasteiger partial charge in [-0.2, -0.15) is 0 Å². The van der Waals surface area contributed by atoms with E-state index in [1.165, 1.54) is 11.3 Å². The Labute approximate surface area is 121 Å². The topological polar surface area (TPSA) is 12.5 Å². The quantitative estimate of drug-likeness (QED) is 0.701. The van der Waals surface area contributed by atoms with Crippen molar-refractivity contribution in [2.24, 2.45) is 0 Å². The average Bonchev–Trinajstić information content (AvgIpc) is 2.30. The number of rotatable bonds is 6. The molecule has 0 radical (unpaired) electrons. The molecule has 0 saturated carbocycles. The smallest absolute Gasteiger partial charge is 0.0663 e. The number of benzene rings is 1. The maximum atomic E-state index is 5.22. The Morgan fingerprint density at radius 1 is 1.41 bits per heavy atom. The van der Waals surface area contributed by atoms with E-state index >= 15 is 0 Å². The molecule has 0 spiro atoms. The summed E-state index contributed by atoms with van der Waals surface area (Å²) in [6.07, 6.45) is 0.